The molecule has 26 heavy (non-hydrogen) atoms. The van der Waals surface area contributed by atoms with Crippen molar-refractivity contribution >= 4 is 0 Å². The van der Waals surface area contributed by atoms with Crippen LogP contribution >= 0.6 is 0 Å². The average molecular weight is 364 g/mol. The van der Waals surface area contributed by atoms with Gasteiger partial charge in [-0.3, -0.25) is 0 Å². The van der Waals surface area contributed by atoms with Crippen molar-refractivity contribution in [3.63, 3.8) is 0 Å². The summed E-state index contributed by atoms with van der Waals surface area (Å²) in [6.45, 7) is 3.06. The van der Waals surface area contributed by atoms with Gasteiger partial charge in [-0.2, -0.15) is 0 Å². The molecule has 1 aliphatic rings. The van der Waals surface area contributed by atoms with Crippen molar-refractivity contribution in [2.45, 2.75) is 37.6 Å². The maximum absolute atomic E-state index is 15.1. The average Bonchev–Trinajstić information content (AvgIpc) is 2.97. The first kappa shape index (κ1) is 18.8. The maximum atomic E-state index is 15.1. The van der Waals surface area contributed by atoms with Gasteiger partial charge in [-0.25, -0.2) is 13.8 Å². The molecule has 2 aromatic rings. The predicted octanol–water partition coefficient (Wildman–Crippen LogP) is 2.19. The fourth-order valence-corrected chi connectivity index (χ4v) is 3.19. The summed E-state index contributed by atoms with van der Waals surface area (Å²) in [5.74, 6) is -1.15. The van der Waals surface area contributed by atoms with E-state index in [1.54, 1.807) is 0 Å². The Labute approximate surface area is 150 Å². The van der Waals surface area contributed by atoms with E-state index in [9.17, 15) is 14.6 Å². The van der Waals surface area contributed by atoms with E-state index in [2.05, 4.69) is 4.98 Å². The highest BCUT2D eigenvalue weighted by molar-refractivity contribution is 5.62. The zero-order valence-electron chi connectivity index (χ0n) is 14.7. The minimum atomic E-state index is -1.48. The molecular weight excluding hydrogens is 342 g/mol. The molecular formula is C19H22F2N2O3. The largest absolute Gasteiger partial charge is 0.391 e. The number of hydrogen-bond acceptors (Lipinski definition) is 5. The topological polar surface area (TPSA) is 88.6 Å². The number of rotatable bonds is 4. The van der Waals surface area contributed by atoms with Crippen LogP contribution in [0.5, 0.6) is 0 Å². The van der Waals surface area contributed by atoms with E-state index in [0.29, 0.717) is 11.3 Å². The van der Waals surface area contributed by atoms with Gasteiger partial charge in [-0.1, -0.05) is 0 Å². The zero-order chi connectivity index (χ0) is 19.1. The molecule has 0 bridgehead atoms. The predicted molar refractivity (Wildman–Crippen MR) is 92.1 cm³/mol. The molecule has 0 unspecified atom stereocenters. The summed E-state index contributed by atoms with van der Waals surface area (Å²) in [5.41, 5.74) is 4.03. The van der Waals surface area contributed by atoms with Crippen molar-refractivity contribution in [2.24, 2.45) is 5.73 Å². The summed E-state index contributed by atoms with van der Waals surface area (Å²) in [5, 5.41) is 20.3. The first-order valence-corrected chi connectivity index (χ1v) is 8.38. The molecule has 0 saturated carbocycles. The lowest BCUT2D eigenvalue weighted by atomic mass is 9.89. The Kier molecular flexibility index (Phi) is 4.83. The van der Waals surface area contributed by atoms with Gasteiger partial charge in [0.05, 0.1) is 24.0 Å². The zero-order valence-corrected chi connectivity index (χ0v) is 14.7. The monoisotopic (exact) mass is 364 g/mol. The van der Waals surface area contributed by atoms with E-state index in [0.717, 1.165) is 0 Å². The Balaban J connectivity index is 2.23. The fraction of sp³-hybridized carbons (Fsp3) is 0.421. The van der Waals surface area contributed by atoms with Crippen LogP contribution in [-0.4, -0.2) is 34.5 Å². The smallest absolute Gasteiger partial charge is 0.155 e. The summed E-state index contributed by atoms with van der Waals surface area (Å²) < 4.78 is 34.0. The molecule has 2 atom stereocenters. The van der Waals surface area contributed by atoms with Crippen molar-refractivity contribution in [3.05, 3.63) is 53.2 Å². The number of ether oxygens (including phenoxy) is 1. The van der Waals surface area contributed by atoms with Crippen molar-refractivity contribution in [2.75, 3.05) is 13.2 Å². The third kappa shape index (κ3) is 3.35. The van der Waals surface area contributed by atoms with E-state index in [1.807, 2.05) is 0 Å². The molecule has 2 heterocycles. The summed E-state index contributed by atoms with van der Waals surface area (Å²) >= 11 is 0. The van der Waals surface area contributed by atoms with E-state index in [1.165, 1.54) is 44.2 Å². The number of benzene rings is 1. The number of aliphatic hydroxyl groups excluding tert-OH is 1. The summed E-state index contributed by atoms with van der Waals surface area (Å²) in [4.78, 5) is 4.38. The number of aliphatic hydroxyl groups is 2. The molecule has 3 rings (SSSR count). The number of pyridine rings is 1. The van der Waals surface area contributed by atoms with Gasteiger partial charge in [0.15, 0.2) is 5.82 Å². The highest BCUT2D eigenvalue weighted by Crippen LogP contribution is 2.39. The molecule has 0 aliphatic carbocycles. The lowest BCUT2D eigenvalue weighted by Gasteiger charge is -2.29. The molecule has 1 fully saturated rings. The van der Waals surface area contributed by atoms with Crippen LogP contribution in [0, 0.1) is 11.6 Å². The van der Waals surface area contributed by atoms with Gasteiger partial charge in [-0.15, -0.1) is 0 Å². The molecule has 140 valence electrons. The quantitative estimate of drug-likeness (QED) is 0.774. The highest BCUT2D eigenvalue weighted by atomic mass is 19.1. The van der Waals surface area contributed by atoms with Crippen molar-refractivity contribution < 1.29 is 23.7 Å². The Morgan fingerprint density at radius 1 is 1.31 bits per heavy atom. The van der Waals surface area contributed by atoms with Crippen LogP contribution in [0.25, 0.3) is 11.3 Å². The van der Waals surface area contributed by atoms with Crippen molar-refractivity contribution in [3.8, 4) is 11.3 Å². The molecule has 0 amide bonds. The Morgan fingerprint density at radius 3 is 2.46 bits per heavy atom. The second-order valence-electron chi connectivity index (χ2n) is 7.15. The van der Waals surface area contributed by atoms with Crippen molar-refractivity contribution in [1.82, 2.24) is 4.98 Å². The van der Waals surface area contributed by atoms with Gasteiger partial charge in [0.2, 0.25) is 0 Å². The van der Waals surface area contributed by atoms with E-state index in [-0.39, 0.29) is 30.8 Å². The third-order valence-electron chi connectivity index (χ3n) is 4.65. The fourth-order valence-electron chi connectivity index (χ4n) is 3.19. The summed E-state index contributed by atoms with van der Waals surface area (Å²) in [6, 6.07) is 6.67. The summed E-state index contributed by atoms with van der Waals surface area (Å²) in [7, 11) is 0. The minimum Gasteiger partial charge on any atom is -0.391 e. The molecule has 4 N–H and O–H groups in total. The molecule has 1 aromatic heterocycles. The maximum Gasteiger partial charge on any atom is 0.155 e. The number of nitrogens with zero attached hydrogens (tertiary/aromatic N) is 1. The number of hydrogen-bond donors (Lipinski definition) is 3. The second kappa shape index (κ2) is 6.66. The molecule has 0 radical (unpaired) electrons. The molecule has 1 aromatic carbocycles. The van der Waals surface area contributed by atoms with Gasteiger partial charge in [0.25, 0.3) is 0 Å². The summed E-state index contributed by atoms with van der Waals surface area (Å²) in [6.07, 6.45) is -0.485. The van der Waals surface area contributed by atoms with Gasteiger partial charge < -0.3 is 20.7 Å². The van der Waals surface area contributed by atoms with Gasteiger partial charge >= 0.3 is 0 Å². The lowest BCUT2D eigenvalue weighted by Crippen LogP contribution is -2.36. The van der Waals surface area contributed by atoms with Crippen LogP contribution in [0.3, 0.4) is 0 Å². The standard InChI is InChI=1S/C19H22F2N2O3/c1-18(2,25)14-7-15(19(10-22)8-13(24)9-26-19)23-17(16(14)21)11-3-5-12(20)6-4-11/h3-7,13,24-25H,8-10,22H2,1-2H3/t13-,19+/m0/s1. The Morgan fingerprint density at radius 2 is 1.96 bits per heavy atom. The first-order valence-electron chi connectivity index (χ1n) is 8.38. The Bertz CT molecular complexity index is 806. The van der Waals surface area contributed by atoms with Crippen LogP contribution in [0.15, 0.2) is 30.3 Å². The highest BCUT2D eigenvalue weighted by Gasteiger charge is 2.43. The first-order chi connectivity index (χ1) is 12.2. The van der Waals surface area contributed by atoms with E-state index < -0.39 is 28.9 Å². The Hall–Kier alpha value is -1.93. The van der Waals surface area contributed by atoms with Gasteiger partial charge in [0, 0.05) is 24.1 Å². The lowest BCUT2D eigenvalue weighted by molar-refractivity contribution is 0.000620. The van der Waals surface area contributed by atoms with Crippen LogP contribution in [0.4, 0.5) is 8.78 Å². The molecule has 1 aliphatic heterocycles. The number of halogens is 2. The van der Waals surface area contributed by atoms with Crippen LogP contribution < -0.4 is 5.73 Å². The third-order valence-corrected chi connectivity index (χ3v) is 4.65. The minimum absolute atomic E-state index is 0.0274. The van der Waals surface area contributed by atoms with E-state index in [4.69, 9.17) is 10.5 Å². The number of aromatic nitrogens is 1. The van der Waals surface area contributed by atoms with Gasteiger partial charge in [0.1, 0.15) is 17.1 Å². The molecule has 0 spiro atoms. The van der Waals surface area contributed by atoms with E-state index >= 15 is 4.39 Å². The second-order valence-corrected chi connectivity index (χ2v) is 7.15. The van der Waals surface area contributed by atoms with Gasteiger partial charge in [-0.05, 0) is 44.2 Å². The van der Waals surface area contributed by atoms with Crippen LogP contribution in [0.2, 0.25) is 0 Å². The van der Waals surface area contributed by atoms with Crippen molar-refractivity contribution in [1.29, 1.82) is 0 Å². The van der Waals surface area contributed by atoms with Crippen LogP contribution in [0.1, 0.15) is 31.5 Å². The normalized spacial score (nSPS) is 23.4. The number of nitrogens with two attached hydrogens (primary N) is 1. The molecule has 1 saturated heterocycles. The molecule has 7 heteroatoms. The molecule has 5 nitrogen and oxygen atoms in total. The van der Waals surface area contributed by atoms with Crippen LogP contribution in [-0.2, 0) is 15.9 Å². The SMILES string of the molecule is CC(C)(O)c1cc([C@]2(CN)C[C@H](O)CO2)nc(-c2ccc(F)cc2)c1F.